The van der Waals surface area contributed by atoms with E-state index in [0.717, 1.165) is 25.2 Å². The Labute approximate surface area is 137 Å². The topological polar surface area (TPSA) is 50.6 Å². The second-order valence-corrected chi connectivity index (χ2v) is 6.34. The Balaban J connectivity index is 1.82. The van der Waals surface area contributed by atoms with E-state index in [1.165, 1.54) is 5.56 Å². The molecule has 0 saturated carbocycles. The van der Waals surface area contributed by atoms with Gasteiger partial charge in [0.1, 0.15) is 11.6 Å². The van der Waals surface area contributed by atoms with Crippen LogP contribution in [0.4, 0.5) is 5.69 Å². The van der Waals surface area contributed by atoms with Crippen molar-refractivity contribution in [3.63, 3.8) is 0 Å². The van der Waals surface area contributed by atoms with Gasteiger partial charge in [0.2, 0.25) is 0 Å². The number of fused-ring (bicyclic) bond motifs is 1. The van der Waals surface area contributed by atoms with Crippen LogP contribution in [0.3, 0.4) is 0 Å². The van der Waals surface area contributed by atoms with Crippen molar-refractivity contribution >= 4 is 11.6 Å². The van der Waals surface area contributed by atoms with E-state index in [0.29, 0.717) is 13.1 Å². The molecule has 1 fully saturated rings. The first-order valence-electron chi connectivity index (χ1n) is 8.06. The number of piperazine rings is 1. The number of rotatable bonds is 2. The van der Waals surface area contributed by atoms with Crippen LogP contribution in [0.5, 0.6) is 0 Å². The zero-order valence-electron chi connectivity index (χ0n) is 13.7. The molecule has 0 spiro atoms. The molecule has 0 bridgehead atoms. The van der Waals surface area contributed by atoms with Crippen LogP contribution in [0.25, 0.3) is 0 Å². The summed E-state index contributed by atoms with van der Waals surface area (Å²) in [5.74, 6) is -0.155. The molecular weight excluding hydrogens is 288 g/mol. The van der Waals surface area contributed by atoms with Crippen molar-refractivity contribution in [3.8, 4) is 6.07 Å². The van der Waals surface area contributed by atoms with Crippen LogP contribution in [-0.4, -0.2) is 55.0 Å². The Morgan fingerprint density at radius 2 is 1.96 bits per heavy atom. The smallest absolute Gasteiger partial charge is 0.266 e. The molecule has 5 nitrogen and oxygen atoms in total. The molecule has 1 amide bonds. The van der Waals surface area contributed by atoms with Crippen LogP contribution < -0.4 is 4.90 Å². The highest BCUT2D eigenvalue weighted by atomic mass is 16.2. The van der Waals surface area contributed by atoms with Crippen LogP contribution in [-0.2, 0) is 11.2 Å². The molecule has 0 aromatic heterocycles. The Bertz CT molecular complexity index is 668. The summed E-state index contributed by atoms with van der Waals surface area (Å²) in [5.41, 5.74) is 2.58. The van der Waals surface area contributed by atoms with Gasteiger partial charge in [-0.15, -0.1) is 0 Å². The predicted octanol–water partition coefficient (Wildman–Crippen LogP) is 1.62. The lowest BCUT2D eigenvalue weighted by Crippen LogP contribution is -2.47. The SMILES string of the molecule is CC1Cc2ccccc2N1/C=C(/C#N)C(=O)N1CCN(C)CC1. The zero-order chi connectivity index (χ0) is 16.4. The third-order valence-electron chi connectivity index (χ3n) is 4.67. The van der Waals surface area contributed by atoms with E-state index in [4.69, 9.17) is 0 Å². The molecule has 1 aromatic rings. The number of para-hydroxylation sites is 1. The fourth-order valence-corrected chi connectivity index (χ4v) is 3.24. The molecule has 1 saturated heterocycles. The number of nitriles is 1. The molecule has 2 aliphatic rings. The van der Waals surface area contributed by atoms with Gasteiger partial charge in [-0.2, -0.15) is 5.26 Å². The number of benzene rings is 1. The normalized spacial score (nSPS) is 22.0. The Morgan fingerprint density at radius 3 is 2.65 bits per heavy atom. The van der Waals surface area contributed by atoms with E-state index < -0.39 is 0 Å². The van der Waals surface area contributed by atoms with Crippen LogP contribution in [0.15, 0.2) is 36.0 Å². The third kappa shape index (κ3) is 3.08. The van der Waals surface area contributed by atoms with E-state index >= 15 is 0 Å². The molecule has 5 heteroatoms. The number of carbonyl (C=O) groups excluding carboxylic acids is 1. The molecule has 23 heavy (non-hydrogen) atoms. The number of likely N-dealkylation sites (N-methyl/N-ethyl adjacent to an activating group) is 1. The quantitative estimate of drug-likeness (QED) is 0.615. The van der Waals surface area contributed by atoms with Gasteiger partial charge in [0.05, 0.1) is 0 Å². The minimum absolute atomic E-state index is 0.155. The van der Waals surface area contributed by atoms with Crippen molar-refractivity contribution < 1.29 is 4.79 Å². The summed E-state index contributed by atoms with van der Waals surface area (Å²) in [7, 11) is 2.05. The zero-order valence-corrected chi connectivity index (χ0v) is 13.7. The average Bonchev–Trinajstić information content (AvgIpc) is 2.88. The van der Waals surface area contributed by atoms with E-state index in [1.54, 1.807) is 11.1 Å². The van der Waals surface area contributed by atoms with E-state index in [1.807, 2.05) is 25.2 Å². The summed E-state index contributed by atoms with van der Waals surface area (Å²) in [6.45, 7) is 5.19. The highest BCUT2D eigenvalue weighted by molar-refractivity contribution is 5.97. The van der Waals surface area contributed by atoms with Gasteiger partial charge in [-0.05, 0) is 32.0 Å². The van der Waals surface area contributed by atoms with Crippen molar-refractivity contribution in [2.45, 2.75) is 19.4 Å². The third-order valence-corrected chi connectivity index (χ3v) is 4.67. The van der Waals surface area contributed by atoms with Crippen LogP contribution in [0.2, 0.25) is 0 Å². The lowest BCUT2D eigenvalue weighted by Gasteiger charge is -2.32. The molecule has 3 rings (SSSR count). The average molecular weight is 310 g/mol. The van der Waals surface area contributed by atoms with Crippen molar-refractivity contribution in [1.82, 2.24) is 9.80 Å². The summed E-state index contributed by atoms with van der Waals surface area (Å²) in [6, 6.07) is 10.5. The molecule has 120 valence electrons. The number of hydrogen-bond acceptors (Lipinski definition) is 4. The van der Waals surface area contributed by atoms with Crippen molar-refractivity contribution in [3.05, 3.63) is 41.6 Å². The largest absolute Gasteiger partial charge is 0.343 e. The number of nitrogens with zero attached hydrogens (tertiary/aromatic N) is 4. The fourth-order valence-electron chi connectivity index (χ4n) is 3.24. The van der Waals surface area contributed by atoms with E-state index in [9.17, 15) is 10.1 Å². The van der Waals surface area contributed by atoms with Gasteiger partial charge in [-0.25, -0.2) is 0 Å². The summed E-state index contributed by atoms with van der Waals surface area (Å²) < 4.78 is 0. The van der Waals surface area contributed by atoms with Crippen molar-refractivity contribution in [1.29, 1.82) is 5.26 Å². The minimum Gasteiger partial charge on any atom is -0.343 e. The summed E-state index contributed by atoms with van der Waals surface area (Å²) in [5, 5.41) is 9.47. The number of amides is 1. The number of hydrogen-bond donors (Lipinski definition) is 0. The Kier molecular flexibility index (Phi) is 4.35. The van der Waals surface area contributed by atoms with Gasteiger partial charge in [0, 0.05) is 44.1 Å². The standard InChI is InChI=1S/C18H22N4O/c1-14-11-15-5-3-4-6-17(15)22(14)13-16(12-19)18(23)21-9-7-20(2)8-10-21/h3-6,13-14H,7-11H2,1-2H3/b16-13-. The molecule has 0 N–H and O–H groups in total. The number of carbonyl (C=O) groups is 1. The van der Waals surface area contributed by atoms with Crippen LogP contribution in [0, 0.1) is 11.3 Å². The first kappa shape index (κ1) is 15.6. The highest BCUT2D eigenvalue weighted by Crippen LogP contribution is 2.32. The predicted molar refractivity (Wildman–Crippen MR) is 89.9 cm³/mol. The van der Waals surface area contributed by atoms with E-state index in [2.05, 4.69) is 28.9 Å². The molecular formula is C18H22N4O. The minimum atomic E-state index is -0.155. The van der Waals surface area contributed by atoms with Gasteiger partial charge < -0.3 is 14.7 Å². The van der Waals surface area contributed by atoms with Gasteiger partial charge in [-0.3, -0.25) is 4.79 Å². The van der Waals surface area contributed by atoms with Crippen LogP contribution >= 0.6 is 0 Å². The molecule has 1 unspecified atom stereocenters. The Morgan fingerprint density at radius 1 is 1.26 bits per heavy atom. The highest BCUT2D eigenvalue weighted by Gasteiger charge is 2.27. The lowest BCUT2D eigenvalue weighted by molar-refractivity contribution is -0.128. The second-order valence-electron chi connectivity index (χ2n) is 6.34. The van der Waals surface area contributed by atoms with Gasteiger partial charge in [0.15, 0.2) is 0 Å². The molecule has 1 atom stereocenters. The van der Waals surface area contributed by atoms with Gasteiger partial charge in [0.25, 0.3) is 5.91 Å². The second kappa shape index (κ2) is 6.43. The Hall–Kier alpha value is -2.32. The molecule has 1 aromatic carbocycles. The van der Waals surface area contributed by atoms with Crippen LogP contribution in [0.1, 0.15) is 12.5 Å². The molecule has 0 aliphatic carbocycles. The van der Waals surface area contributed by atoms with Gasteiger partial charge in [-0.1, -0.05) is 18.2 Å². The fraction of sp³-hybridized carbons (Fsp3) is 0.444. The van der Waals surface area contributed by atoms with E-state index in [-0.39, 0.29) is 17.5 Å². The molecule has 0 radical (unpaired) electrons. The summed E-state index contributed by atoms with van der Waals surface area (Å²) in [6.07, 6.45) is 2.67. The van der Waals surface area contributed by atoms with Crippen molar-refractivity contribution in [2.75, 3.05) is 38.1 Å². The summed E-state index contributed by atoms with van der Waals surface area (Å²) in [4.78, 5) is 18.7. The maximum atomic E-state index is 12.6. The van der Waals surface area contributed by atoms with Crippen molar-refractivity contribution in [2.24, 2.45) is 0 Å². The van der Waals surface area contributed by atoms with Gasteiger partial charge >= 0.3 is 0 Å². The first-order chi connectivity index (χ1) is 11.1. The first-order valence-corrected chi connectivity index (χ1v) is 8.06. The monoisotopic (exact) mass is 310 g/mol. The lowest BCUT2D eigenvalue weighted by atomic mass is 10.1. The maximum absolute atomic E-state index is 12.6. The number of anilines is 1. The molecule has 2 aliphatic heterocycles. The maximum Gasteiger partial charge on any atom is 0.266 e. The molecule has 2 heterocycles. The summed E-state index contributed by atoms with van der Waals surface area (Å²) >= 11 is 0.